The first-order chi connectivity index (χ1) is 4.34. The van der Waals surface area contributed by atoms with E-state index in [4.69, 9.17) is 0 Å². The van der Waals surface area contributed by atoms with Crippen molar-refractivity contribution in [3.05, 3.63) is 0 Å². The average molecular weight is 194 g/mol. The first-order valence-corrected chi connectivity index (χ1v) is 5.63. The maximum atomic E-state index is 11.8. The normalized spacial score (nSPS) is 16.1. The first kappa shape index (κ1) is 10.2. The molecule has 0 aliphatic carbocycles. The van der Waals surface area contributed by atoms with Crippen LogP contribution in [0, 0.1) is 0 Å². The Balaban J connectivity index is 3.87. The third kappa shape index (κ3) is 4.13. The van der Waals surface area contributed by atoms with Gasteiger partial charge in [-0.2, -0.15) is 13.2 Å². The van der Waals surface area contributed by atoms with Crippen LogP contribution in [0.15, 0.2) is 0 Å². The van der Waals surface area contributed by atoms with Gasteiger partial charge in [-0.15, -0.1) is 0 Å². The summed E-state index contributed by atoms with van der Waals surface area (Å²) < 4.78 is 45.8. The van der Waals surface area contributed by atoms with Gasteiger partial charge in [0.1, 0.15) is 7.92 Å². The lowest BCUT2D eigenvalue weighted by Gasteiger charge is -2.03. The molecule has 2 atom stereocenters. The zero-order chi connectivity index (χ0) is 8.36. The summed E-state index contributed by atoms with van der Waals surface area (Å²) in [6.07, 6.45) is -4.86. The SMILES string of the molecule is CP(F)PC(=O)C(F)(F)F. The Morgan fingerprint density at radius 2 is 1.90 bits per heavy atom. The third-order valence-electron chi connectivity index (χ3n) is 0.513. The number of halogens is 4. The molecule has 2 unspecified atom stereocenters. The van der Waals surface area contributed by atoms with Crippen molar-refractivity contribution in [1.29, 1.82) is 0 Å². The van der Waals surface area contributed by atoms with E-state index in [1.165, 1.54) is 0 Å². The fourth-order valence-electron chi connectivity index (χ4n) is 0.203. The molecule has 0 amide bonds. The maximum Gasteiger partial charge on any atom is 0.454 e. The minimum atomic E-state index is -4.86. The lowest BCUT2D eigenvalue weighted by Crippen LogP contribution is -2.16. The van der Waals surface area contributed by atoms with Gasteiger partial charge in [0, 0.05) is 8.27 Å². The molecule has 0 aromatic carbocycles. The molecule has 0 saturated heterocycles. The molecule has 0 saturated carbocycles. The molecule has 0 aromatic heterocycles. The Hall–Kier alpha value is 0.250. The van der Waals surface area contributed by atoms with Gasteiger partial charge in [0.05, 0.1) is 0 Å². The van der Waals surface area contributed by atoms with Crippen LogP contribution in [-0.2, 0) is 4.79 Å². The van der Waals surface area contributed by atoms with Gasteiger partial charge in [-0.3, -0.25) is 4.79 Å². The fourth-order valence-corrected chi connectivity index (χ4v) is 1.83. The minimum Gasteiger partial charge on any atom is -0.284 e. The summed E-state index contributed by atoms with van der Waals surface area (Å²) in [5.74, 6) is 0. The van der Waals surface area contributed by atoms with E-state index in [1.54, 1.807) is 0 Å². The van der Waals surface area contributed by atoms with E-state index in [1.807, 2.05) is 0 Å². The molecule has 0 aliphatic rings. The maximum absolute atomic E-state index is 11.8. The highest BCUT2D eigenvalue weighted by molar-refractivity contribution is 8.25. The summed E-state index contributed by atoms with van der Waals surface area (Å²) in [5, 5.41) is 0. The number of rotatable bonds is 2. The molecule has 0 N–H and O–H groups in total. The molecule has 0 aliphatic heterocycles. The van der Waals surface area contributed by atoms with Gasteiger partial charge in [-0.1, -0.05) is 0 Å². The molecule has 1 nitrogen and oxygen atoms in total. The number of hydrogen-bond donors (Lipinski definition) is 0. The zero-order valence-corrected chi connectivity index (χ0v) is 6.76. The van der Waals surface area contributed by atoms with Crippen LogP contribution in [0.25, 0.3) is 0 Å². The van der Waals surface area contributed by atoms with E-state index < -0.39 is 27.9 Å². The summed E-state index contributed by atoms with van der Waals surface area (Å²) in [6, 6.07) is 0. The number of hydrogen-bond acceptors (Lipinski definition) is 1. The van der Waals surface area contributed by atoms with Crippen LogP contribution in [0.2, 0.25) is 0 Å². The summed E-state index contributed by atoms with van der Waals surface area (Å²) >= 11 is 0. The predicted octanol–water partition coefficient (Wildman–Crippen LogP) is 2.67. The second kappa shape index (κ2) is 3.59. The van der Waals surface area contributed by atoms with E-state index in [0.29, 0.717) is 0 Å². The smallest absolute Gasteiger partial charge is 0.284 e. The Labute approximate surface area is 57.7 Å². The van der Waals surface area contributed by atoms with Gasteiger partial charge in [-0.05, 0) is 6.66 Å². The topological polar surface area (TPSA) is 17.1 Å². The van der Waals surface area contributed by atoms with Crippen molar-refractivity contribution in [3.63, 3.8) is 0 Å². The summed E-state index contributed by atoms with van der Waals surface area (Å²) in [6.45, 7) is 0.984. The molecule has 0 bridgehead atoms. The van der Waals surface area contributed by atoms with Crippen molar-refractivity contribution in [1.82, 2.24) is 0 Å². The summed E-state index contributed by atoms with van der Waals surface area (Å²) in [4.78, 5) is 9.94. The highest BCUT2D eigenvalue weighted by atomic mass is 32.1. The van der Waals surface area contributed by atoms with E-state index >= 15 is 0 Å². The van der Waals surface area contributed by atoms with Gasteiger partial charge in [-0.25, -0.2) is 4.20 Å². The van der Waals surface area contributed by atoms with Crippen LogP contribution in [0.3, 0.4) is 0 Å². The molecule has 0 rings (SSSR count). The van der Waals surface area contributed by atoms with Crippen LogP contribution >= 0.6 is 16.2 Å². The fraction of sp³-hybridized carbons (Fsp3) is 0.667. The molecule has 0 radical (unpaired) electrons. The minimum absolute atomic E-state index is 0.984. The van der Waals surface area contributed by atoms with Crippen LogP contribution < -0.4 is 0 Å². The Kier molecular flexibility index (Phi) is 3.68. The van der Waals surface area contributed by atoms with Gasteiger partial charge >= 0.3 is 6.18 Å². The second-order valence-corrected chi connectivity index (χ2v) is 5.57. The lowest BCUT2D eigenvalue weighted by molar-refractivity contribution is -0.160. The molecular weight excluding hydrogens is 190 g/mol. The van der Waals surface area contributed by atoms with Crippen molar-refractivity contribution < 1.29 is 22.2 Å². The number of carbonyl (C=O) groups is 1. The number of carbonyl (C=O) groups excluding carboxylic acids is 1. The van der Waals surface area contributed by atoms with Crippen molar-refractivity contribution in [2.24, 2.45) is 0 Å². The van der Waals surface area contributed by atoms with Crippen LogP contribution in [-0.4, -0.2) is 18.4 Å². The first-order valence-electron chi connectivity index (χ1n) is 2.11. The average Bonchev–Trinajstić information content (AvgIpc) is 1.60. The van der Waals surface area contributed by atoms with Gasteiger partial charge in [0.2, 0.25) is 0 Å². The highest BCUT2D eigenvalue weighted by Crippen LogP contribution is 2.56. The monoisotopic (exact) mass is 194 g/mol. The summed E-state index contributed by atoms with van der Waals surface area (Å²) in [7, 11) is -3.50. The van der Waals surface area contributed by atoms with Gasteiger partial charge in [0.15, 0.2) is 0 Å². The van der Waals surface area contributed by atoms with Crippen molar-refractivity contribution in [2.75, 3.05) is 6.66 Å². The molecule has 7 heteroatoms. The Bertz CT molecular complexity index is 131. The lowest BCUT2D eigenvalue weighted by atomic mass is 10.8. The van der Waals surface area contributed by atoms with Crippen LogP contribution in [0.4, 0.5) is 17.4 Å². The van der Waals surface area contributed by atoms with Crippen LogP contribution in [0.1, 0.15) is 0 Å². The molecule has 10 heavy (non-hydrogen) atoms. The van der Waals surface area contributed by atoms with Crippen molar-refractivity contribution in [3.8, 4) is 0 Å². The Morgan fingerprint density at radius 3 is 2.00 bits per heavy atom. The highest BCUT2D eigenvalue weighted by Gasteiger charge is 2.38. The molecule has 0 heterocycles. The second-order valence-electron chi connectivity index (χ2n) is 1.42. The molecule has 0 spiro atoms. The summed E-state index contributed by atoms with van der Waals surface area (Å²) in [5.41, 5.74) is -1.95. The Morgan fingerprint density at radius 1 is 1.50 bits per heavy atom. The molecular formula is C3H4F4OP2. The zero-order valence-electron chi connectivity index (χ0n) is 4.87. The van der Waals surface area contributed by atoms with Crippen LogP contribution in [0.5, 0.6) is 0 Å². The van der Waals surface area contributed by atoms with Gasteiger partial charge in [0.25, 0.3) is 5.52 Å². The molecule has 60 valence electrons. The van der Waals surface area contributed by atoms with E-state index in [0.717, 1.165) is 6.66 Å². The van der Waals surface area contributed by atoms with E-state index in [2.05, 4.69) is 0 Å². The quantitative estimate of drug-likeness (QED) is 0.487. The standard InChI is InChI=1S/C3H4F4OP2/c1-10(7)9-2(8)3(4,5)6/h9H,1H3. The predicted molar refractivity (Wildman–Crippen MR) is 33.3 cm³/mol. The van der Waals surface area contributed by atoms with Crippen molar-refractivity contribution in [2.45, 2.75) is 6.18 Å². The van der Waals surface area contributed by atoms with E-state index in [-0.39, 0.29) is 0 Å². The third-order valence-corrected chi connectivity index (χ3v) is 2.84. The largest absolute Gasteiger partial charge is 0.454 e. The number of alkyl halides is 3. The molecule has 0 fully saturated rings. The van der Waals surface area contributed by atoms with Crippen molar-refractivity contribution >= 4 is 21.7 Å². The van der Waals surface area contributed by atoms with Gasteiger partial charge < -0.3 is 0 Å². The molecule has 0 aromatic rings. The van der Waals surface area contributed by atoms with E-state index in [9.17, 15) is 22.2 Å².